The van der Waals surface area contributed by atoms with Crippen LogP contribution in [-0.4, -0.2) is 21.9 Å². The van der Waals surface area contributed by atoms with Gasteiger partial charge in [-0.05, 0) is 82.8 Å². The highest BCUT2D eigenvalue weighted by molar-refractivity contribution is 5.66. The SMILES string of the molecule is C=CCOc1ccc(-c2ccc(O)cc2)cc1.C=CCc1cc(-c2ccc(O)cc2)ccc1O. The standard InChI is InChI=1S/2C15H14O2/c1-2-11-17-15-9-5-13(6-10-15)12-3-7-14(16)8-4-12;1-2-3-13-10-12(6-9-15(13)17)11-4-7-14(16)8-5-11/h2-10,16H,1,11H2;2,4-10,16-17H,1,3H2. The van der Waals surface area contributed by atoms with Crippen LogP contribution in [0, 0.1) is 0 Å². The molecule has 0 aliphatic rings. The van der Waals surface area contributed by atoms with Crippen molar-refractivity contribution >= 4 is 0 Å². The second-order valence-corrected chi connectivity index (χ2v) is 7.55. The molecule has 0 atom stereocenters. The zero-order chi connectivity index (χ0) is 24.3. The summed E-state index contributed by atoms with van der Waals surface area (Å²) in [4.78, 5) is 0. The molecule has 0 aromatic heterocycles. The van der Waals surface area contributed by atoms with Crippen LogP contribution in [0.1, 0.15) is 5.56 Å². The lowest BCUT2D eigenvalue weighted by Gasteiger charge is -2.06. The lowest BCUT2D eigenvalue weighted by atomic mass is 10.0. The topological polar surface area (TPSA) is 69.9 Å². The molecule has 0 saturated carbocycles. The maximum atomic E-state index is 9.67. The van der Waals surface area contributed by atoms with E-state index in [4.69, 9.17) is 4.74 Å². The Morgan fingerprint density at radius 3 is 1.56 bits per heavy atom. The van der Waals surface area contributed by atoms with E-state index in [9.17, 15) is 15.3 Å². The molecule has 4 aromatic rings. The van der Waals surface area contributed by atoms with Gasteiger partial charge in [-0.1, -0.05) is 61.2 Å². The van der Waals surface area contributed by atoms with Crippen LogP contribution in [0.5, 0.6) is 23.0 Å². The predicted octanol–water partition coefficient (Wildman–Crippen LogP) is 7.12. The van der Waals surface area contributed by atoms with Crippen LogP contribution in [-0.2, 0) is 6.42 Å². The van der Waals surface area contributed by atoms with Crippen LogP contribution in [0.3, 0.4) is 0 Å². The first-order valence-electron chi connectivity index (χ1n) is 10.9. The molecule has 0 radical (unpaired) electrons. The zero-order valence-corrected chi connectivity index (χ0v) is 18.9. The van der Waals surface area contributed by atoms with E-state index in [1.807, 2.05) is 60.7 Å². The van der Waals surface area contributed by atoms with E-state index >= 15 is 0 Å². The number of aromatic hydroxyl groups is 3. The van der Waals surface area contributed by atoms with E-state index in [0.717, 1.165) is 33.6 Å². The minimum absolute atomic E-state index is 0.249. The maximum absolute atomic E-state index is 9.67. The van der Waals surface area contributed by atoms with E-state index in [-0.39, 0.29) is 17.2 Å². The second kappa shape index (κ2) is 12.0. The van der Waals surface area contributed by atoms with Crippen LogP contribution < -0.4 is 4.74 Å². The first-order chi connectivity index (χ1) is 16.5. The number of rotatable bonds is 7. The zero-order valence-electron chi connectivity index (χ0n) is 18.9. The van der Waals surface area contributed by atoms with E-state index in [2.05, 4.69) is 13.2 Å². The van der Waals surface area contributed by atoms with Crippen LogP contribution in [0.15, 0.2) is 116 Å². The molecule has 0 aliphatic carbocycles. The molecule has 0 amide bonds. The fourth-order valence-electron chi connectivity index (χ4n) is 3.29. The molecule has 3 N–H and O–H groups in total. The van der Waals surface area contributed by atoms with Gasteiger partial charge in [-0.2, -0.15) is 0 Å². The van der Waals surface area contributed by atoms with Crippen molar-refractivity contribution in [3.8, 4) is 45.3 Å². The van der Waals surface area contributed by atoms with Gasteiger partial charge < -0.3 is 20.1 Å². The summed E-state index contributed by atoms with van der Waals surface area (Å²) >= 11 is 0. The van der Waals surface area contributed by atoms with E-state index in [1.165, 1.54) is 0 Å². The number of ether oxygens (including phenoxy) is 1. The molecule has 0 saturated heterocycles. The summed E-state index contributed by atoms with van der Waals surface area (Å²) in [6.07, 6.45) is 4.11. The molecule has 0 heterocycles. The third-order valence-electron chi connectivity index (χ3n) is 5.07. The molecule has 0 aliphatic heterocycles. The molecular formula is C30H28O4. The molecule has 0 fully saturated rings. The highest BCUT2D eigenvalue weighted by atomic mass is 16.5. The lowest BCUT2D eigenvalue weighted by Crippen LogP contribution is -1.91. The van der Waals surface area contributed by atoms with Gasteiger partial charge in [0.05, 0.1) is 0 Å². The van der Waals surface area contributed by atoms with Crippen molar-refractivity contribution in [3.63, 3.8) is 0 Å². The Labute approximate surface area is 200 Å². The van der Waals surface area contributed by atoms with E-state index < -0.39 is 0 Å². The second-order valence-electron chi connectivity index (χ2n) is 7.55. The van der Waals surface area contributed by atoms with Gasteiger partial charge in [-0.3, -0.25) is 0 Å². The van der Waals surface area contributed by atoms with Gasteiger partial charge in [0.15, 0.2) is 0 Å². The fourth-order valence-corrected chi connectivity index (χ4v) is 3.29. The summed E-state index contributed by atoms with van der Waals surface area (Å²) in [6, 6.07) is 27.4. The van der Waals surface area contributed by atoms with Crippen LogP contribution in [0.25, 0.3) is 22.3 Å². The number of hydrogen-bond acceptors (Lipinski definition) is 4. The molecular weight excluding hydrogens is 424 g/mol. The summed E-state index contributed by atoms with van der Waals surface area (Å²) in [7, 11) is 0. The van der Waals surface area contributed by atoms with Gasteiger partial charge in [-0.15, -0.1) is 6.58 Å². The molecule has 4 nitrogen and oxygen atoms in total. The maximum Gasteiger partial charge on any atom is 0.119 e. The lowest BCUT2D eigenvalue weighted by molar-refractivity contribution is 0.363. The van der Waals surface area contributed by atoms with Crippen LogP contribution in [0.4, 0.5) is 0 Å². The van der Waals surface area contributed by atoms with Gasteiger partial charge >= 0.3 is 0 Å². The van der Waals surface area contributed by atoms with Crippen molar-refractivity contribution < 1.29 is 20.1 Å². The first kappa shape index (κ1) is 24.2. The average molecular weight is 453 g/mol. The van der Waals surface area contributed by atoms with Crippen molar-refractivity contribution in [1.29, 1.82) is 0 Å². The molecule has 0 unspecified atom stereocenters. The minimum Gasteiger partial charge on any atom is -0.508 e. The third kappa shape index (κ3) is 6.78. The van der Waals surface area contributed by atoms with Crippen molar-refractivity contribution in [3.05, 3.63) is 122 Å². The monoisotopic (exact) mass is 452 g/mol. The largest absolute Gasteiger partial charge is 0.508 e. The summed E-state index contributed by atoms with van der Waals surface area (Å²) < 4.78 is 5.41. The number of allylic oxidation sites excluding steroid dienone is 1. The summed E-state index contributed by atoms with van der Waals surface area (Å²) in [5, 5.41) is 28.1. The Kier molecular flexibility index (Phi) is 8.53. The fraction of sp³-hybridized carbons (Fsp3) is 0.0667. The number of phenolic OH excluding ortho intramolecular Hbond substituents is 3. The Hall–Kier alpha value is -4.44. The summed E-state index contributed by atoms with van der Waals surface area (Å²) in [5.41, 5.74) is 5.03. The van der Waals surface area contributed by atoms with Crippen LogP contribution >= 0.6 is 0 Å². The van der Waals surface area contributed by atoms with Gasteiger partial charge in [0.25, 0.3) is 0 Å². The van der Waals surface area contributed by atoms with Gasteiger partial charge in [0.1, 0.15) is 29.6 Å². The number of phenols is 3. The molecule has 0 spiro atoms. The minimum atomic E-state index is 0.249. The summed E-state index contributed by atoms with van der Waals surface area (Å²) in [5.74, 6) is 1.64. The van der Waals surface area contributed by atoms with Crippen molar-refractivity contribution in [1.82, 2.24) is 0 Å². The Morgan fingerprint density at radius 2 is 1.06 bits per heavy atom. The Balaban J connectivity index is 0.000000191. The van der Waals surface area contributed by atoms with Gasteiger partial charge in [0, 0.05) is 0 Å². The first-order valence-corrected chi connectivity index (χ1v) is 10.9. The normalized spacial score (nSPS) is 10.0. The third-order valence-corrected chi connectivity index (χ3v) is 5.07. The highest BCUT2D eigenvalue weighted by Gasteiger charge is 2.03. The van der Waals surface area contributed by atoms with Crippen LogP contribution in [0.2, 0.25) is 0 Å². The van der Waals surface area contributed by atoms with E-state index in [1.54, 1.807) is 42.5 Å². The van der Waals surface area contributed by atoms with Gasteiger partial charge in [-0.25, -0.2) is 0 Å². The van der Waals surface area contributed by atoms with E-state index in [0.29, 0.717) is 13.0 Å². The smallest absolute Gasteiger partial charge is 0.119 e. The predicted molar refractivity (Wildman–Crippen MR) is 138 cm³/mol. The molecule has 34 heavy (non-hydrogen) atoms. The van der Waals surface area contributed by atoms with Crippen molar-refractivity contribution in [2.24, 2.45) is 0 Å². The molecule has 172 valence electrons. The average Bonchev–Trinajstić information content (AvgIpc) is 2.86. The molecule has 4 aromatic carbocycles. The molecule has 4 heteroatoms. The van der Waals surface area contributed by atoms with Crippen molar-refractivity contribution in [2.45, 2.75) is 6.42 Å². The van der Waals surface area contributed by atoms with Crippen molar-refractivity contribution in [2.75, 3.05) is 6.61 Å². The summed E-state index contributed by atoms with van der Waals surface area (Å²) in [6.45, 7) is 7.78. The molecule has 4 rings (SSSR count). The quantitative estimate of drug-likeness (QED) is 0.261. The Bertz CT molecular complexity index is 1210. The number of hydrogen-bond donors (Lipinski definition) is 3. The number of benzene rings is 4. The Morgan fingerprint density at radius 1 is 0.588 bits per heavy atom. The van der Waals surface area contributed by atoms with Gasteiger partial charge in [0.2, 0.25) is 0 Å². The molecule has 0 bridgehead atoms. The highest BCUT2D eigenvalue weighted by Crippen LogP contribution is 2.27.